The van der Waals surface area contributed by atoms with Gasteiger partial charge in [0.1, 0.15) is 23.7 Å². The van der Waals surface area contributed by atoms with E-state index in [1.165, 1.54) is 13.4 Å². The molecule has 2 heterocycles. The molecule has 0 aliphatic rings. The number of halogens is 1. The lowest BCUT2D eigenvalue weighted by atomic mass is 9.99. The summed E-state index contributed by atoms with van der Waals surface area (Å²) in [4.78, 5) is 20.2. The van der Waals surface area contributed by atoms with E-state index in [1.54, 1.807) is 7.11 Å². The highest BCUT2D eigenvalue weighted by atomic mass is 35.5. The molecule has 34 heavy (non-hydrogen) atoms. The number of nitrogens with one attached hydrogen (secondary N) is 1. The van der Waals surface area contributed by atoms with E-state index in [1.807, 2.05) is 48.5 Å². The first-order valence-corrected chi connectivity index (χ1v) is 11.5. The van der Waals surface area contributed by atoms with E-state index in [9.17, 15) is 4.79 Å². The van der Waals surface area contributed by atoms with Gasteiger partial charge in [0.2, 0.25) is 5.71 Å². The topological polar surface area (TPSA) is 86.5 Å². The van der Waals surface area contributed by atoms with Gasteiger partial charge in [-0.15, -0.1) is 0 Å². The van der Waals surface area contributed by atoms with Gasteiger partial charge in [-0.2, -0.15) is 0 Å². The van der Waals surface area contributed by atoms with Crippen LogP contribution in [0.3, 0.4) is 0 Å². The monoisotopic (exact) mass is 479 g/mol. The van der Waals surface area contributed by atoms with Crippen LogP contribution in [-0.2, 0) is 9.53 Å². The number of methoxy groups -OCH3 is 2. The Morgan fingerprint density at radius 2 is 1.82 bits per heavy atom. The first-order chi connectivity index (χ1) is 16.6. The third-order valence-electron chi connectivity index (χ3n) is 5.56. The van der Waals surface area contributed by atoms with Crippen molar-refractivity contribution in [2.24, 2.45) is 0 Å². The van der Waals surface area contributed by atoms with Crippen LogP contribution in [-0.4, -0.2) is 36.7 Å². The molecule has 0 atom stereocenters. The van der Waals surface area contributed by atoms with Crippen LogP contribution in [0, 0.1) is 0 Å². The van der Waals surface area contributed by atoms with E-state index in [-0.39, 0.29) is 5.97 Å². The van der Waals surface area contributed by atoms with Gasteiger partial charge in [0.05, 0.1) is 24.6 Å². The highest BCUT2D eigenvalue weighted by molar-refractivity contribution is 6.33. The number of carbonyl (C=O) groups is 1. The molecule has 0 spiro atoms. The minimum Gasteiger partial charge on any atom is -0.497 e. The molecule has 0 aliphatic carbocycles. The molecule has 1 N–H and O–H groups in total. The zero-order valence-corrected chi connectivity index (χ0v) is 19.9. The summed E-state index contributed by atoms with van der Waals surface area (Å²) in [5.74, 6) is 1.90. The third-order valence-corrected chi connectivity index (χ3v) is 5.89. The molecule has 0 saturated carbocycles. The molecule has 4 rings (SSSR count). The predicted octanol–water partition coefficient (Wildman–Crippen LogP) is 6.36. The van der Waals surface area contributed by atoms with Crippen LogP contribution in [0.5, 0.6) is 5.75 Å². The van der Waals surface area contributed by atoms with Crippen molar-refractivity contribution in [1.29, 1.82) is 0 Å². The van der Waals surface area contributed by atoms with Crippen molar-refractivity contribution in [3.63, 3.8) is 0 Å². The molecule has 0 bridgehead atoms. The number of benzene rings is 2. The second kappa shape index (κ2) is 11.0. The second-order valence-electron chi connectivity index (χ2n) is 7.73. The Labute approximate surface area is 203 Å². The fourth-order valence-corrected chi connectivity index (χ4v) is 4.04. The van der Waals surface area contributed by atoms with Crippen molar-refractivity contribution in [3.05, 3.63) is 59.9 Å². The lowest BCUT2D eigenvalue weighted by molar-refractivity contribution is -0.140. The van der Waals surface area contributed by atoms with E-state index in [0.717, 1.165) is 47.1 Å². The average molecular weight is 480 g/mol. The molecule has 0 saturated heterocycles. The molecule has 4 aromatic rings. The quantitative estimate of drug-likeness (QED) is 0.209. The van der Waals surface area contributed by atoms with Gasteiger partial charge in [0.25, 0.3) is 0 Å². The smallest absolute Gasteiger partial charge is 0.305 e. The summed E-state index contributed by atoms with van der Waals surface area (Å²) in [5.41, 5.74) is 3.05. The van der Waals surface area contributed by atoms with Crippen LogP contribution in [0.2, 0.25) is 5.02 Å². The number of rotatable bonds is 10. The maximum atomic E-state index is 11.3. The Kier molecular flexibility index (Phi) is 7.65. The van der Waals surface area contributed by atoms with Crippen LogP contribution in [0.15, 0.2) is 59.3 Å². The van der Waals surface area contributed by atoms with E-state index < -0.39 is 0 Å². The number of hydrogen-bond acceptors (Lipinski definition) is 7. The lowest BCUT2D eigenvalue weighted by Gasteiger charge is -2.09. The molecule has 8 heteroatoms. The third kappa shape index (κ3) is 5.15. The summed E-state index contributed by atoms with van der Waals surface area (Å²) in [5, 5.41) is 4.79. The number of hydrogen-bond donors (Lipinski definition) is 1. The van der Waals surface area contributed by atoms with E-state index in [2.05, 4.69) is 15.3 Å². The molecule has 0 amide bonds. The van der Waals surface area contributed by atoms with Gasteiger partial charge in [-0.3, -0.25) is 4.79 Å². The van der Waals surface area contributed by atoms with Crippen molar-refractivity contribution < 1.29 is 18.7 Å². The number of aromatic nitrogens is 2. The van der Waals surface area contributed by atoms with E-state index >= 15 is 0 Å². The Hall–Kier alpha value is -3.58. The number of esters is 1. The van der Waals surface area contributed by atoms with Crippen molar-refractivity contribution in [2.45, 2.75) is 25.7 Å². The van der Waals surface area contributed by atoms with Gasteiger partial charge in [-0.25, -0.2) is 9.97 Å². The predicted molar refractivity (Wildman–Crippen MR) is 133 cm³/mol. The van der Waals surface area contributed by atoms with Gasteiger partial charge >= 0.3 is 5.97 Å². The molecule has 0 radical (unpaired) electrons. The summed E-state index contributed by atoms with van der Waals surface area (Å²) < 4.78 is 16.3. The number of ether oxygens (including phenoxy) is 2. The average Bonchev–Trinajstić information content (AvgIpc) is 3.26. The first kappa shape index (κ1) is 23.6. The molecular weight excluding hydrogens is 454 g/mol. The lowest BCUT2D eigenvalue weighted by Crippen LogP contribution is -2.05. The summed E-state index contributed by atoms with van der Waals surface area (Å²) >= 11 is 6.53. The molecule has 0 unspecified atom stereocenters. The first-order valence-electron chi connectivity index (χ1n) is 11.1. The molecule has 0 aliphatic heterocycles. The number of nitrogens with zero attached hydrogens (tertiary/aromatic N) is 2. The number of anilines is 1. The zero-order valence-electron chi connectivity index (χ0n) is 19.1. The number of fused-ring (bicyclic) bond motifs is 1. The van der Waals surface area contributed by atoms with Gasteiger partial charge < -0.3 is 19.2 Å². The van der Waals surface area contributed by atoms with Crippen LogP contribution >= 0.6 is 11.6 Å². The zero-order chi connectivity index (χ0) is 23.9. The maximum absolute atomic E-state index is 11.3. The molecule has 7 nitrogen and oxygen atoms in total. The second-order valence-corrected chi connectivity index (χ2v) is 8.14. The summed E-state index contributed by atoms with van der Waals surface area (Å²) in [6, 6.07) is 15.3. The molecule has 2 aromatic carbocycles. The Morgan fingerprint density at radius 3 is 2.56 bits per heavy atom. The highest BCUT2D eigenvalue weighted by Crippen LogP contribution is 2.44. The summed E-state index contributed by atoms with van der Waals surface area (Å²) in [6.07, 6.45) is 4.49. The van der Waals surface area contributed by atoms with Crippen molar-refractivity contribution >= 4 is 34.5 Å². The minimum atomic E-state index is -0.180. The largest absolute Gasteiger partial charge is 0.497 e. The van der Waals surface area contributed by atoms with Gasteiger partial charge in [0.15, 0.2) is 0 Å². The van der Waals surface area contributed by atoms with Gasteiger partial charge in [-0.1, -0.05) is 42.3 Å². The Balaban J connectivity index is 1.69. The van der Waals surface area contributed by atoms with Crippen LogP contribution in [0.4, 0.5) is 5.82 Å². The molecule has 0 fully saturated rings. The molecule has 2 aromatic heterocycles. The standard InChI is InChI=1S/C26H26ClN3O4/c1-32-18-13-11-17(12-14-18)22-23-25(28-15-7-3-4-10-21(31)33-2)29-16-30-26(23)34-24(22)19-8-5-6-9-20(19)27/h5-6,8-9,11-14,16H,3-4,7,10,15H2,1-2H3,(H,28,29,30). The summed E-state index contributed by atoms with van der Waals surface area (Å²) in [7, 11) is 3.05. The van der Waals surface area contributed by atoms with Crippen molar-refractivity contribution in [3.8, 4) is 28.2 Å². The van der Waals surface area contributed by atoms with Crippen LogP contribution in [0.25, 0.3) is 33.6 Å². The van der Waals surface area contributed by atoms with Gasteiger partial charge in [0, 0.05) is 24.1 Å². The minimum absolute atomic E-state index is 0.180. The number of unbranched alkanes of at least 4 members (excludes halogenated alkanes) is 2. The summed E-state index contributed by atoms with van der Waals surface area (Å²) in [6.45, 7) is 0.696. The van der Waals surface area contributed by atoms with Crippen molar-refractivity contribution in [2.75, 3.05) is 26.1 Å². The molecule has 176 valence electrons. The van der Waals surface area contributed by atoms with E-state index in [0.29, 0.717) is 35.3 Å². The molecular formula is C26H26ClN3O4. The SMILES string of the molecule is COC(=O)CCCCCNc1ncnc2oc(-c3ccccc3Cl)c(-c3ccc(OC)cc3)c12. The number of furan rings is 1. The normalized spacial score (nSPS) is 10.9. The highest BCUT2D eigenvalue weighted by Gasteiger charge is 2.23. The maximum Gasteiger partial charge on any atom is 0.305 e. The Bertz CT molecular complexity index is 1270. The fraction of sp³-hybridized carbons (Fsp3) is 0.269. The number of carbonyl (C=O) groups excluding carboxylic acids is 1. The van der Waals surface area contributed by atoms with Crippen molar-refractivity contribution in [1.82, 2.24) is 9.97 Å². The van der Waals surface area contributed by atoms with Crippen LogP contribution < -0.4 is 10.1 Å². The van der Waals surface area contributed by atoms with Gasteiger partial charge in [-0.05, 0) is 42.7 Å². The van der Waals surface area contributed by atoms with Crippen LogP contribution in [0.1, 0.15) is 25.7 Å². The fourth-order valence-electron chi connectivity index (χ4n) is 3.82. The van der Waals surface area contributed by atoms with E-state index in [4.69, 9.17) is 25.5 Å². The Morgan fingerprint density at radius 1 is 1.03 bits per heavy atom.